The predicted molar refractivity (Wildman–Crippen MR) is 101 cm³/mol. The molecule has 1 aromatic heterocycles. The molecule has 29 heavy (non-hydrogen) atoms. The third-order valence-electron chi connectivity index (χ3n) is 5.02. The topological polar surface area (TPSA) is 73.2 Å². The summed E-state index contributed by atoms with van der Waals surface area (Å²) in [4.78, 5) is 25.1. The number of alkyl halides is 3. The maximum atomic E-state index is 13.2. The molecule has 4 rings (SSSR count). The summed E-state index contributed by atoms with van der Waals surface area (Å²) in [5, 5.41) is 7.06. The summed E-state index contributed by atoms with van der Waals surface area (Å²) >= 11 is 1.73. The van der Waals surface area contributed by atoms with E-state index in [0.29, 0.717) is 0 Å². The molecular weight excluding hydrogens is 407 g/mol. The number of amides is 1. The molecule has 1 aromatic carbocycles. The van der Waals surface area contributed by atoms with Crippen molar-refractivity contribution in [3.8, 4) is 0 Å². The predicted octanol–water partition coefficient (Wildman–Crippen LogP) is 2.42. The summed E-state index contributed by atoms with van der Waals surface area (Å²) < 4.78 is 46.4. The van der Waals surface area contributed by atoms with E-state index in [1.54, 1.807) is 17.8 Å². The van der Waals surface area contributed by atoms with Gasteiger partial charge in [-0.3, -0.25) is 9.59 Å². The monoisotopic (exact) mass is 425 g/mol. The van der Waals surface area contributed by atoms with E-state index in [2.05, 4.69) is 10.4 Å². The van der Waals surface area contributed by atoms with Crippen LogP contribution in [0.3, 0.4) is 0 Å². The minimum absolute atomic E-state index is 0.0889. The van der Waals surface area contributed by atoms with E-state index in [1.165, 1.54) is 16.8 Å². The third-order valence-corrected chi connectivity index (χ3v) is 6.03. The van der Waals surface area contributed by atoms with Crippen LogP contribution in [-0.4, -0.2) is 40.7 Å². The van der Waals surface area contributed by atoms with Crippen LogP contribution in [0.1, 0.15) is 33.2 Å². The fraction of sp³-hybridized carbons (Fsp3) is 0.421. The fourth-order valence-electron chi connectivity index (χ4n) is 3.56. The maximum absolute atomic E-state index is 13.2. The van der Waals surface area contributed by atoms with E-state index in [1.807, 2.05) is 0 Å². The number of ether oxygens (including phenoxy) is 1. The molecular formula is C19H18F3N3O3S. The van der Waals surface area contributed by atoms with Gasteiger partial charge in [0.2, 0.25) is 0 Å². The Morgan fingerprint density at radius 1 is 1.28 bits per heavy atom. The van der Waals surface area contributed by atoms with Gasteiger partial charge in [-0.25, -0.2) is 4.68 Å². The first-order chi connectivity index (χ1) is 13.8. The first-order valence-electron chi connectivity index (χ1n) is 9.09. The number of carbonyl (C=O) groups excluding carboxylic acids is 1. The lowest BCUT2D eigenvalue weighted by atomic mass is 10.1. The number of aryl methyl sites for hydroxylation is 1. The average Bonchev–Trinajstić information content (AvgIpc) is 3.14. The lowest BCUT2D eigenvalue weighted by molar-refractivity contribution is -0.137. The van der Waals surface area contributed by atoms with Crippen molar-refractivity contribution in [2.75, 3.05) is 19.0 Å². The Hall–Kier alpha value is -2.33. The molecule has 1 N–H and O–H groups in total. The van der Waals surface area contributed by atoms with Crippen molar-refractivity contribution in [1.82, 2.24) is 15.1 Å². The van der Waals surface area contributed by atoms with Crippen molar-refractivity contribution in [1.29, 1.82) is 0 Å². The molecule has 2 aliphatic rings. The number of aromatic nitrogens is 2. The Balaban J connectivity index is 1.59. The number of halogens is 3. The second-order valence-corrected chi connectivity index (χ2v) is 8.03. The fourth-order valence-corrected chi connectivity index (χ4v) is 4.51. The standard InChI is InChI=1S/C19H18F3N3O3S/c20-19(21,22)13-4-2-1-3-12(13)18(27)23-15-8-28-9-16(15)25-17(26)7-11-10-29-6-5-14(11)24-25/h1-4,7,15-16H,5-6,8-10H2,(H,23,27). The highest BCUT2D eigenvalue weighted by atomic mass is 32.2. The average molecular weight is 425 g/mol. The number of fused-ring (bicyclic) bond motifs is 1. The number of nitrogens with one attached hydrogen (secondary N) is 1. The molecule has 154 valence electrons. The largest absolute Gasteiger partial charge is 0.417 e. The van der Waals surface area contributed by atoms with Gasteiger partial charge in [0, 0.05) is 18.2 Å². The molecule has 0 bridgehead atoms. The number of benzene rings is 1. The van der Waals surface area contributed by atoms with Crippen LogP contribution in [-0.2, 0) is 23.1 Å². The molecule has 1 amide bonds. The van der Waals surface area contributed by atoms with Crippen LogP contribution in [0.5, 0.6) is 0 Å². The molecule has 0 spiro atoms. The highest BCUT2D eigenvalue weighted by molar-refractivity contribution is 7.98. The molecule has 2 unspecified atom stereocenters. The quantitative estimate of drug-likeness (QED) is 0.818. The molecule has 6 nitrogen and oxygen atoms in total. The first kappa shape index (κ1) is 20.0. The summed E-state index contributed by atoms with van der Waals surface area (Å²) in [6, 6.07) is 4.91. The summed E-state index contributed by atoms with van der Waals surface area (Å²) in [5.74, 6) is 0.780. The van der Waals surface area contributed by atoms with Gasteiger partial charge in [0.15, 0.2) is 0 Å². The molecule has 1 fully saturated rings. The van der Waals surface area contributed by atoms with Crippen molar-refractivity contribution < 1.29 is 22.7 Å². The molecule has 0 saturated carbocycles. The Morgan fingerprint density at radius 2 is 2.07 bits per heavy atom. The Morgan fingerprint density at radius 3 is 2.86 bits per heavy atom. The number of nitrogens with zero attached hydrogens (tertiary/aromatic N) is 2. The molecule has 2 atom stereocenters. The lowest BCUT2D eigenvalue weighted by Crippen LogP contribution is -2.44. The summed E-state index contributed by atoms with van der Waals surface area (Å²) in [5.41, 5.74) is -0.0384. The second kappa shape index (κ2) is 7.83. The zero-order valence-corrected chi connectivity index (χ0v) is 16.1. The summed E-state index contributed by atoms with van der Waals surface area (Å²) in [7, 11) is 0. The smallest absolute Gasteiger partial charge is 0.377 e. The van der Waals surface area contributed by atoms with Crippen molar-refractivity contribution in [3.63, 3.8) is 0 Å². The van der Waals surface area contributed by atoms with E-state index in [0.717, 1.165) is 41.3 Å². The highest BCUT2D eigenvalue weighted by Gasteiger charge is 2.37. The van der Waals surface area contributed by atoms with E-state index in [4.69, 9.17) is 4.74 Å². The van der Waals surface area contributed by atoms with Gasteiger partial charge in [-0.05, 0) is 23.4 Å². The SMILES string of the molecule is O=C(NC1COCC1n1nc2c(cc1=O)CSCC2)c1ccccc1C(F)(F)F. The normalized spacial score (nSPS) is 21.6. The van der Waals surface area contributed by atoms with Crippen LogP contribution in [0, 0.1) is 0 Å². The Kier molecular flexibility index (Phi) is 5.39. The van der Waals surface area contributed by atoms with Crippen molar-refractivity contribution in [2.24, 2.45) is 0 Å². The zero-order chi connectivity index (χ0) is 20.6. The van der Waals surface area contributed by atoms with Crippen LogP contribution in [0.4, 0.5) is 13.2 Å². The number of hydrogen-bond acceptors (Lipinski definition) is 5. The molecule has 0 radical (unpaired) electrons. The van der Waals surface area contributed by atoms with Crippen LogP contribution >= 0.6 is 11.8 Å². The molecule has 2 aromatic rings. The number of rotatable bonds is 3. The first-order valence-corrected chi connectivity index (χ1v) is 10.2. The number of thioether (sulfide) groups is 1. The number of hydrogen-bond donors (Lipinski definition) is 1. The molecule has 1 saturated heterocycles. The number of carbonyl (C=O) groups is 1. The van der Waals surface area contributed by atoms with E-state index < -0.39 is 35.3 Å². The maximum Gasteiger partial charge on any atom is 0.417 e. The van der Waals surface area contributed by atoms with Gasteiger partial charge in [-0.2, -0.15) is 30.0 Å². The van der Waals surface area contributed by atoms with Gasteiger partial charge >= 0.3 is 6.18 Å². The third kappa shape index (κ3) is 4.04. The van der Waals surface area contributed by atoms with Crippen LogP contribution < -0.4 is 10.9 Å². The van der Waals surface area contributed by atoms with Gasteiger partial charge in [0.25, 0.3) is 11.5 Å². The minimum Gasteiger partial charge on any atom is -0.377 e. The van der Waals surface area contributed by atoms with Crippen LogP contribution in [0.15, 0.2) is 35.1 Å². The van der Waals surface area contributed by atoms with Crippen molar-refractivity contribution in [2.45, 2.75) is 30.4 Å². The van der Waals surface area contributed by atoms with Gasteiger partial charge in [0.05, 0.1) is 36.1 Å². The van der Waals surface area contributed by atoms with Crippen molar-refractivity contribution in [3.05, 3.63) is 63.1 Å². The summed E-state index contributed by atoms with van der Waals surface area (Å²) in [6.45, 7) is 0.234. The van der Waals surface area contributed by atoms with Gasteiger partial charge in [-0.15, -0.1) is 0 Å². The highest BCUT2D eigenvalue weighted by Crippen LogP contribution is 2.32. The lowest BCUT2D eigenvalue weighted by Gasteiger charge is -2.23. The van der Waals surface area contributed by atoms with E-state index >= 15 is 0 Å². The van der Waals surface area contributed by atoms with Crippen LogP contribution in [0.2, 0.25) is 0 Å². The van der Waals surface area contributed by atoms with Crippen molar-refractivity contribution >= 4 is 17.7 Å². The molecule has 2 aliphatic heterocycles. The van der Waals surface area contributed by atoms with Crippen LogP contribution in [0.25, 0.3) is 0 Å². The summed E-state index contributed by atoms with van der Waals surface area (Å²) in [6.07, 6.45) is -3.90. The molecule has 3 heterocycles. The van der Waals surface area contributed by atoms with Gasteiger partial charge in [-0.1, -0.05) is 12.1 Å². The second-order valence-electron chi connectivity index (χ2n) is 6.93. The molecule has 10 heteroatoms. The van der Waals surface area contributed by atoms with E-state index in [9.17, 15) is 22.8 Å². The van der Waals surface area contributed by atoms with E-state index in [-0.39, 0.29) is 18.8 Å². The zero-order valence-electron chi connectivity index (χ0n) is 15.2. The Labute approximate surface area is 168 Å². The molecule has 0 aliphatic carbocycles. The van der Waals surface area contributed by atoms with Gasteiger partial charge < -0.3 is 10.1 Å². The minimum atomic E-state index is -4.64. The van der Waals surface area contributed by atoms with Gasteiger partial charge in [0.1, 0.15) is 6.04 Å². The Bertz CT molecular complexity index is 993.